The van der Waals surface area contributed by atoms with E-state index in [1.807, 2.05) is 0 Å². The van der Waals surface area contributed by atoms with Gasteiger partial charge in [0.15, 0.2) is 5.96 Å². The molecule has 3 atom stereocenters. The fraction of sp³-hybridized carbons (Fsp3) is 0.933. The number of thioether (sulfide) groups is 1. The van der Waals surface area contributed by atoms with Gasteiger partial charge < -0.3 is 15.3 Å². The van der Waals surface area contributed by atoms with Crippen LogP contribution in [0.2, 0.25) is 0 Å². The lowest BCUT2D eigenvalue weighted by Crippen LogP contribution is -2.48. The number of nitrogens with zero attached hydrogens (tertiary/aromatic N) is 2. The molecule has 124 valence electrons. The molecule has 21 heavy (non-hydrogen) atoms. The molecule has 0 amide bonds. The minimum Gasteiger partial charge on any atom is -0.393 e. The van der Waals surface area contributed by atoms with Gasteiger partial charge in [0.2, 0.25) is 0 Å². The molecular formula is C15H30IN3OS. The molecule has 0 bridgehead atoms. The summed E-state index contributed by atoms with van der Waals surface area (Å²) in [6.45, 7) is 8.24. The molecule has 2 aliphatic rings. The van der Waals surface area contributed by atoms with Crippen molar-refractivity contribution in [3.05, 3.63) is 0 Å². The Morgan fingerprint density at radius 2 is 2.19 bits per heavy atom. The summed E-state index contributed by atoms with van der Waals surface area (Å²) in [6.07, 6.45) is 4.31. The standard InChI is InChI=1S/C15H29N3OS.HI/c1-3-13-11-18(8-9-20-13)15(16-4-2)17-10-12-6-5-7-14(12)19;/h12-14,19H,3-11H2,1-2H3,(H,16,17);1H. The molecule has 0 aromatic carbocycles. The lowest BCUT2D eigenvalue weighted by atomic mass is 10.1. The minimum atomic E-state index is -0.137. The Morgan fingerprint density at radius 3 is 2.81 bits per heavy atom. The Balaban J connectivity index is 0.00000220. The molecule has 1 saturated carbocycles. The number of hydrogen-bond donors (Lipinski definition) is 2. The number of halogens is 1. The van der Waals surface area contributed by atoms with Crippen molar-refractivity contribution in [3.8, 4) is 0 Å². The van der Waals surface area contributed by atoms with Gasteiger partial charge in [-0.15, -0.1) is 24.0 Å². The first-order valence-corrected chi connectivity index (χ1v) is 9.12. The number of aliphatic hydroxyl groups is 1. The van der Waals surface area contributed by atoms with Gasteiger partial charge in [0.25, 0.3) is 0 Å². The third kappa shape index (κ3) is 5.78. The van der Waals surface area contributed by atoms with Crippen LogP contribution >= 0.6 is 35.7 Å². The van der Waals surface area contributed by atoms with Gasteiger partial charge in [0, 0.05) is 43.1 Å². The fourth-order valence-corrected chi connectivity index (χ4v) is 4.20. The Labute approximate surface area is 150 Å². The van der Waals surface area contributed by atoms with Gasteiger partial charge >= 0.3 is 0 Å². The molecule has 1 heterocycles. The molecule has 3 unspecified atom stereocenters. The Morgan fingerprint density at radius 1 is 1.38 bits per heavy atom. The second-order valence-electron chi connectivity index (χ2n) is 5.80. The van der Waals surface area contributed by atoms with Crippen molar-refractivity contribution >= 4 is 41.7 Å². The summed E-state index contributed by atoms with van der Waals surface area (Å²) in [5.41, 5.74) is 0. The van der Waals surface area contributed by atoms with Crippen LogP contribution in [0.5, 0.6) is 0 Å². The van der Waals surface area contributed by atoms with Crippen LogP contribution in [0.1, 0.15) is 39.5 Å². The van der Waals surface area contributed by atoms with E-state index in [1.165, 1.54) is 12.2 Å². The normalized spacial score (nSPS) is 30.1. The van der Waals surface area contributed by atoms with Gasteiger partial charge in [-0.25, -0.2) is 0 Å². The van der Waals surface area contributed by atoms with E-state index in [0.29, 0.717) is 5.92 Å². The van der Waals surface area contributed by atoms with E-state index in [2.05, 4.69) is 35.8 Å². The second-order valence-corrected chi connectivity index (χ2v) is 7.21. The first-order chi connectivity index (χ1) is 9.74. The Hall–Kier alpha value is 0.310. The molecule has 0 spiro atoms. The molecule has 1 saturated heterocycles. The summed E-state index contributed by atoms with van der Waals surface area (Å²) in [4.78, 5) is 7.20. The Kier molecular flexibility index (Phi) is 9.36. The zero-order valence-electron chi connectivity index (χ0n) is 13.3. The van der Waals surface area contributed by atoms with Crippen molar-refractivity contribution in [1.29, 1.82) is 0 Å². The number of hydrogen-bond acceptors (Lipinski definition) is 3. The first kappa shape index (κ1) is 19.4. The van der Waals surface area contributed by atoms with Crippen LogP contribution in [0.3, 0.4) is 0 Å². The number of aliphatic imine (C=N–C) groups is 1. The third-order valence-electron chi connectivity index (χ3n) is 4.32. The van der Waals surface area contributed by atoms with Crippen LogP contribution in [0.4, 0.5) is 0 Å². The van der Waals surface area contributed by atoms with Gasteiger partial charge in [-0.1, -0.05) is 13.3 Å². The molecule has 4 nitrogen and oxygen atoms in total. The van der Waals surface area contributed by atoms with E-state index in [4.69, 9.17) is 4.99 Å². The lowest BCUT2D eigenvalue weighted by molar-refractivity contribution is 0.136. The zero-order chi connectivity index (χ0) is 14.4. The highest BCUT2D eigenvalue weighted by atomic mass is 127. The number of aliphatic hydroxyl groups excluding tert-OH is 1. The molecule has 0 radical (unpaired) electrons. The predicted octanol–water partition coefficient (Wildman–Crippen LogP) is 2.56. The molecule has 2 N–H and O–H groups in total. The number of guanidine groups is 1. The van der Waals surface area contributed by atoms with E-state index >= 15 is 0 Å². The molecule has 0 aromatic rings. The van der Waals surface area contributed by atoms with E-state index in [1.54, 1.807) is 0 Å². The zero-order valence-corrected chi connectivity index (χ0v) is 16.4. The molecule has 6 heteroatoms. The van der Waals surface area contributed by atoms with E-state index in [-0.39, 0.29) is 30.1 Å². The summed E-state index contributed by atoms with van der Waals surface area (Å²) >= 11 is 2.08. The second kappa shape index (κ2) is 10.2. The van der Waals surface area contributed by atoms with Crippen molar-refractivity contribution in [2.75, 3.05) is 31.9 Å². The van der Waals surface area contributed by atoms with E-state index in [0.717, 1.165) is 56.7 Å². The van der Waals surface area contributed by atoms with Gasteiger partial charge in [-0.3, -0.25) is 4.99 Å². The third-order valence-corrected chi connectivity index (χ3v) is 5.70. The highest BCUT2D eigenvalue weighted by Gasteiger charge is 2.26. The molecule has 2 rings (SSSR count). The van der Waals surface area contributed by atoms with Crippen LogP contribution < -0.4 is 5.32 Å². The fourth-order valence-electron chi connectivity index (χ4n) is 3.02. The average Bonchev–Trinajstić information content (AvgIpc) is 2.89. The minimum absolute atomic E-state index is 0. The maximum Gasteiger partial charge on any atom is 0.193 e. The monoisotopic (exact) mass is 427 g/mol. The summed E-state index contributed by atoms with van der Waals surface area (Å²) in [7, 11) is 0. The van der Waals surface area contributed by atoms with Crippen molar-refractivity contribution in [2.45, 2.75) is 50.9 Å². The molecule has 1 aliphatic heterocycles. The summed E-state index contributed by atoms with van der Waals surface area (Å²) < 4.78 is 0. The largest absolute Gasteiger partial charge is 0.393 e. The summed E-state index contributed by atoms with van der Waals surface area (Å²) in [5.74, 6) is 2.60. The Bertz CT molecular complexity index is 330. The lowest BCUT2D eigenvalue weighted by Gasteiger charge is -2.34. The number of rotatable bonds is 4. The highest BCUT2D eigenvalue weighted by molar-refractivity contribution is 14.0. The molecule has 1 aliphatic carbocycles. The van der Waals surface area contributed by atoms with Crippen LogP contribution in [-0.4, -0.2) is 59.3 Å². The van der Waals surface area contributed by atoms with E-state index in [9.17, 15) is 5.11 Å². The van der Waals surface area contributed by atoms with Gasteiger partial charge in [-0.2, -0.15) is 11.8 Å². The SMILES string of the molecule is CCNC(=NCC1CCCC1O)N1CCSC(CC)C1.I. The highest BCUT2D eigenvalue weighted by Crippen LogP contribution is 2.26. The van der Waals surface area contributed by atoms with Gasteiger partial charge in [-0.05, 0) is 26.2 Å². The van der Waals surface area contributed by atoms with Crippen LogP contribution in [-0.2, 0) is 0 Å². The smallest absolute Gasteiger partial charge is 0.193 e. The maximum absolute atomic E-state index is 9.92. The molecular weight excluding hydrogens is 397 g/mol. The average molecular weight is 427 g/mol. The van der Waals surface area contributed by atoms with Crippen LogP contribution in [0.15, 0.2) is 4.99 Å². The topological polar surface area (TPSA) is 47.9 Å². The van der Waals surface area contributed by atoms with Crippen molar-refractivity contribution in [3.63, 3.8) is 0 Å². The summed E-state index contributed by atoms with van der Waals surface area (Å²) in [6, 6.07) is 0. The van der Waals surface area contributed by atoms with Crippen LogP contribution in [0, 0.1) is 5.92 Å². The van der Waals surface area contributed by atoms with E-state index < -0.39 is 0 Å². The molecule has 0 aromatic heterocycles. The first-order valence-electron chi connectivity index (χ1n) is 8.07. The van der Waals surface area contributed by atoms with Crippen molar-refractivity contribution in [1.82, 2.24) is 10.2 Å². The summed E-state index contributed by atoms with van der Waals surface area (Å²) in [5, 5.41) is 14.1. The number of nitrogens with one attached hydrogen (secondary N) is 1. The van der Waals surface area contributed by atoms with Crippen LogP contribution in [0.25, 0.3) is 0 Å². The maximum atomic E-state index is 9.92. The van der Waals surface area contributed by atoms with Crippen molar-refractivity contribution < 1.29 is 5.11 Å². The quantitative estimate of drug-likeness (QED) is 0.412. The predicted molar refractivity (Wildman–Crippen MR) is 103 cm³/mol. The van der Waals surface area contributed by atoms with Gasteiger partial charge in [0.1, 0.15) is 0 Å². The van der Waals surface area contributed by atoms with Gasteiger partial charge in [0.05, 0.1) is 6.10 Å². The molecule has 2 fully saturated rings. The van der Waals surface area contributed by atoms with Crippen molar-refractivity contribution in [2.24, 2.45) is 10.9 Å².